The van der Waals surface area contributed by atoms with Crippen molar-refractivity contribution >= 4 is 40.1 Å². The summed E-state index contributed by atoms with van der Waals surface area (Å²) in [6.45, 7) is 0.794. The third-order valence-electron chi connectivity index (χ3n) is 5.67. The fourth-order valence-corrected chi connectivity index (χ4v) is 4.38. The summed E-state index contributed by atoms with van der Waals surface area (Å²) < 4.78 is 2.08. The molecule has 0 radical (unpaired) electrons. The Labute approximate surface area is 174 Å². The Morgan fingerprint density at radius 1 is 1.07 bits per heavy atom. The molecule has 0 aliphatic heterocycles. The van der Waals surface area contributed by atoms with Crippen molar-refractivity contribution in [3.05, 3.63) is 64.8 Å². The molecule has 0 atom stereocenters. The molecule has 1 amide bonds. The Balaban J connectivity index is 1.69. The molecule has 1 fully saturated rings. The van der Waals surface area contributed by atoms with Gasteiger partial charge < -0.3 is 15.0 Å². The Morgan fingerprint density at radius 2 is 1.83 bits per heavy atom. The third kappa shape index (κ3) is 4.15. The zero-order valence-corrected chi connectivity index (χ0v) is 16.8. The summed E-state index contributed by atoms with van der Waals surface area (Å²) >= 11 is 5.92. The number of hydrogen-bond donors (Lipinski definition) is 2. The molecule has 29 heavy (non-hydrogen) atoms. The van der Waals surface area contributed by atoms with Crippen LogP contribution in [0.5, 0.6) is 0 Å². The first-order valence-electron chi connectivity index (χ1n) is 9.95. The molecule has 1 aromatic heterocycles. The fourth-order valence-electron chi connectivity index (χ4n) is 4.21. The van der Waals surface area contributed by atoms with Gasteiger partial charge in [-0.3, -0.25) is 4.79 Å². The van der Waals surface area contributed by atoms with Gasteiger partial charge in [0.15, 0.2) is 0 Å². The molecule has 3 aromatic rings. The number of aromatic carboxylic acids is 1. The van der Waals surface area contributed by atoms with E-state index in [-0.39, 0.29) is 17.2 Å². The summed E-state index contributed by atoms with van der Waals surface area (Å²) in [7, 11) is 0. The number of hydrogen-bond acceptors (Lipinski definition) is 2. The van der Waals surface area contributed by atoms with Crippen LogP contribution in [0.15, 0.2) is 48.5 Å². The van der Waals surface area contributed by atoms with Gasteiger partial charge >= 0.3 is 5.97 Å². The SMILES string of the molecule is O=C(O)c1cc(Cl)ccc1NC(=O)c1cc2ccccc2n1CC1CCCCC1. The fraction of sp³-hybridized carbons (Fsp3) is 0.304. The normalized spacial score (nSPS) is 14.8. The zero-order valence-electron chi connectivity index (χ0n) is 16.0. The van der Waals surface area contributed by atoms with Crippen molar-refractivity contribution in [2.45, 2.75) is 38.6 Å². The van der Waals surface area contributed by atoms with Gasteiger partial charge in [0, 0.05) is 22.5 Å². The van der Waals surface area contributed by atoms with Gasteiger partial charge in [-0.25, -0.2) is 4.79 Å². The number of carboxylic acid groups (broad SMARTS) is 1. The molecule has 2 aromatic carbocycles. The quantitative estimate of drug-likeness (QED) is 0.556. The van der Waals surface area contributed by atoms with E-state index in [2.05, 4.69) is 9.88 Å². The minimum absolute atomic E-state index is 0.0270. The number of para-hydroxylation sites is 1. The number of amides is 1. The number of nitrogens with zero attached hydrogens (tertiary/aromatic N) is 1. The lowest BCUT2D eigenvalue weighted by atomic mass is 9.89. The molecule has 0 bridgehead atoms. The molecule has 150 valence electrons. The number of rotatable bonds is 5. The number of benzene rings is 2. The molecular weight excluding hydrogens is 388 g/mol. The topological polar surface area (TPSA) is 71.3 Å². The van der Waals surface area contributed by atoms with Crippen molar-refractivity contribution in [1.29, 1.82) is 0 Å². The Hall–Kier alpha value is -2.79. The van der Waals surface area contributed by atoms with Crippen LogP contribution in [0, 0.1) is 5.92 Å². The number of carbonyl (C=O) groups excluding carboxylic acids is 1. The maximum absolute atomic E-state index is 13.1. The van der Waals surface area contributed by atoms with Gasteiger partial charge in [-0.1, -0.05) is 49.1 Å². The molecule has 6 heteroatoms. The Kier molecular flexibility index (Phi) is 5.58. The van der Waals surface area contributed by atoms with E-state index in [0.717, 1.165) is 17.4 Å². The molecular formula is C23H23ClN2O3. The average molecular weight is 411 g/mol. The zero-order chi connectivity index (χ0) is 20.4. The molecule has 1 saturated carbocycles. The smallest absolute Gasteiger partial charge is 0.337 e. The highest BCUT2D eigenvalue weighted by molar-refractivity contribution is 6.31. The van der Waals surface area contributed by atoms with Crippen molar-refractivity contribution < 1.29 is 14.7 Å². The molecule has 0 unspecified atom stereocenters. The highest BCUT2D eigenvalue weighted by Gasteiger charge is 2.22. The monoisotopic (exact) mass is 410 g/mol. The second kappa shape index (κ2) is 8.29. The summed E-state index contributed by atoms with van der Waals surface area (Å²) in [5, 5.41) is 13.5. The lowest BCUT2D eigenvalue weighted by Crippen LogP contribution is -2.22. The van der Waals surface area contributed by atoms with E-state index in [1.165, 1.54) is 44.2 Å². The molecule has 0 spiro atoms. The van der Waals surface area contributed by atoms with E-state index in [9.17, 15) is 14.7 Å². The second-order valence-corrected chi connectivity index (χ2v) is 8.09. The van der Waals surface area contributed by atoms with Crippen molar-refractivity contribution in [1.82, 2.24) is 4.57 Å². The molecule has 1 aliphatic carbocycles. The lowest BCUT2D eigenvalue weighted by Gasteiger charge is -2.23. The second-order valence-electron chi connectivity index (χ2n) is 7.65. The van der Waals surface area contributed by atoms with Gasteiger partial charge in [0.1, 0.15) is 5.69 Å². The first-order chi connectivity index (χ1) is 14.0. The predicted molar refractivity (Wildman–Crippen MR) is 115 cm³/mol. The number of halogens is 1. The number of anilines is 1. The number of fused-ring (bicyclic) bond motifs is 1. The van der Waals surface area contributed by atoms with E-state index < -0.39 is 5.97 Å². The Bertz CT molecular complexity index is 1070. The van der Waals surface area contributed by atoms with Crippen LogP contribution in [-0.4, -0.2) is 21.6 Å². The Morgan fingerprint density at radius 3 is 2.59 bits per heavy atom. The van der Waals surface area contributed by atoms with Gasteiger partial charge in [-0.15, -0.1) is 0 Å². The molecule has 4 rings (SSSR count). The summed E-state index contributed by atoms with van der Waals surface area (Å²) in [5.41, 5.74) is 1.78. The maximum Gasteiger partial charge on any atom is 0.337 e. The van der Waals surface area contributed by atoms with Crippen molar-refractivity contribution in [2.75, 3.05) is 5.32 Å². The maximum atomic E-state index is 13.1. The van der Waals surface area contributed by atoms with E-state index in [0.29, 0.717) is 16.6 Å². The highest BCUT2D eigenvalue weighted by atomic mass is 35.5. The number of carbonyl (C=O) groups is 2. The minimum Gasteiger partial charge on any atom is -0.478 e. The van der Waals surface area contributed by atoms with Crippen LogP contribution >= 0.6 is 11.6 Å². The molecule has 1 aliphatic rings. The molecule has 0 saturated heterocycles. The molecule has 2 N–H and O–H groups in total. The largest absolute Gasteiger partial charge is 0.478 e. The van der Waals surface area contributed by atoms with Gasteiger partial charge in [0.05, 0.1) is 11.3 Å². The third-order valence-corrected chi connectivity index (χ3v) is 5.90. The summed E-state index contributed by atoms with van der Waals surface area (Å²) in [5.74, 6) is -0.899. The standard InChI is InChI=1S/C23H23ClN2O3/c24-17-10-11-19(18(13-17)23(28)29)25-22(27)21-12-16-8-4-5-9-20(16)26(21)14-15-6-2-1-3-7-15/h4-5,8-13,15H,1-3,6-7,14H2,(H,25,27)(H,28,29). The van der Waals surface area contributed by atoms with Gasteiger partial charge in [0.25, 0.3) is 5.91 Å². The van der Waals surface area contributed by atoms with Crippen LogP contribution < -0.4 is 5.32 Å². The highest BCUT2D eigenvalue weighted by Crippen LogP contribution is 2.29. The predicted octanol–water partition coefficient (Wildman–Crippen LogP) is 5.83. The average Bonchev–Trinajstić information content (AvgIpc) is 3.08. The van der Waals surface area contributed by atoms with Crippen LogP contribution in [0.4, 0.5) is 5.69 Å². The van der Waals surface area contributed by atoms with Crippen molar-refractivity contribution in [3.63, 3.8) is 0 Å². The van der Waals surface area contributed by atoms with Crippen LogP contribution in [0.25, 0.3) is 10.9 Å². The number of carboxylic acids is 1. The van der Waals surface area contributed by atoms with E-state index >= 15 is 0 Å². The van der Waals surface area contributed by atoms with Crippen LogP contribution in [0.2, 0.25) is 5.02 Å². The van der Waals surface area contributed by atoms with E-state index in [1.807, 2.05) is 30.3 Å². The van der Waals surface area contributed by atoms with Crippen LogP contribution in [-0.2, 0) is 6.54 Å². The van der Waals surface area contributed by atoms with Crippen molar-refractivity contribution in [3.8, 4) is 0 Å². The summed E-state index contributed by atoms with van der Waals surface area (Å²) in [4.78, 5) is 24.7. The molecule has 5 nitrogen and oxygen atoms in total. The van der Waals surface area contributed by atoms with Gasteiger partial charge in [0.2, 0.25) is 0 Å². The number of nitrogens with one attached hydrogen (secondary N) is 1. The first kappa shape index (κ1) is 19.5. The van der Waals surface area contributed by atoms with Gasteiger partial charge in [-0.2, -0.15) is 0 Å². The number of aromatic nitrogens is 1. The van der Waals surface area contributed by atoms with Crippen molar-refractivity contribution in [2.24, 2.45) is 5.92 Å². The summed E-state index contributed by atoms with van der Waals surface area (Å²) in [6, 6.07) is 14.3. The minimum atomic E-state index is -1.13. The van der Waals surface area contributed by atoms with E-state index in [1.54, 1.807) is 6.07 Å². The first-order valence-corrected chi connectivity index (χ1v) is 10.3. The van der Waals surface area contributed by atoms with Crippen LogP contribution in [0.3, 0.4) is 0 Å². The van der Waals surface area contributed by atoms with E-state index in [4.69, 9.17) is 11.6 Å². The van der Waals surface area contributed by atoms with Crippen LogP contribution in [0.1, 0.15) is 53.0 Å². The molecule has 1 heterocycles. The summed E-state index contributed by atoms with van der Waals surface area (Å²) in [6.07, 6.45) is 6.10. The lowest BCUT2D eigenvalue weighted by molar-refractivity contribution is 0.0698. The van der Waals surface area contributed by atoms with Gasteiger partial charge in [-0.05, 0) is 49.1 Å².